The number of anilines is 1. The average Bonchev–Trinajstić information content (AvgIpc) is 3.16. The van der Waals surface area contributed by atoms with Crippen molar-refractivity contribution >= 4 is 17.5 Å². The quantitative estimate of drug-likeness (QED) is 0.872. The van der Waals surface area contributed by atoms with E-state index < -0.39 is 11.7 Å². The van der Waals surface area contributed by atoms with Crippen LogP contribution < -0.4 is 5.32 Å². The highest BCUT2D eigenvalue weighted by Gasteiger charge is 2.35. The Bertz CT molecular complexity index is 871. The summed E-state index contributed by atoms with van der Waals surface area (Å²) in [5, 5.41) is 9.99. The van der Waals surface area contributed by atoms with Crippen LogP contribution in [0.25, 0.3) is 0 Å². The summed E-state index contributed by atoms with van der Waals surface area (Å²) >= 11 is 0. The smallest absolute Gasteiger partial charge is 0.230 e. The highest BCUT2D eigenvalue weighted by atomic mass is 19.1. The molecular formula is C20H23FN4O2. The molecule has 1 saturated heterocycles. The van der Waals surface area contributed by atoms with Crippen LogP contribution in [-0.2, 0) is 16.0 Å². The first-order valence-corrected chi connectivity index (χ1v) is 9.47. The topological polar surface area (TPSA) is 78.1 Å². The van der Waals surface area contributed by atoms with Crippen LogP contribution in [0.5, 0.6) is 0 Å². The molecular weight excluding hydrogens is 347 g/mol. The minimum Gasteiger partial charge on any atom is -0.342 e. The van der Waals surface area contributed by atoms with Crippen molar-refractivity contribution < 1.29 is 14.0 Å². The van der Waals surface area contributed by atoms with Crippen LogP contribution in [0.1, 0.15) is 54.8 Å². The van der Waals surface area contributed by atoms with Crippen molar-refractivity contribution in [3.63, 3.8) is 0 Å². The van der Waals surface area contributed by atoms with E-state index in [1.807, 2.05) is 11.1 Å². The van der Waals surface area contributed by atoms with E-state index >= 15 is 0 Å². The molecule has 0 unspecified atom stereocenters. The summed E-state index contributed by atoms with van der Waals surface area (Å²) in [4.78, 5) is 26.9. The maximum atomic E-state index is 13.7. The molecule has 1 fully saturated rings. The van der Waals surface area contributed by atoms with Crippen molar-refractivity contribution in [3.05, 3.63) is 47.0 Å². The molecule has 0 radical (unpaired) electrons. The normalized spacial score (nSPS) is 20.3. The number of halogens is 1. The fourth-order valence-corrected chi connectivity index (χ4v) is 4.22. The van der Waals surface area contributed by atoms with Crippen molar-refractivity contribution in [2.75, 3.05) is 18.4 Å². The number of amides is 2. The third-order valence-electron chi connectivity index (χ3n) is 5.70. The van der Waals surface area contributed by atoms with Crippen LogP contribution >= 0.6 is 0 Å². The van der Waals surface area contributed by atoms with Gasteiger partial charge in [-0.2, -0.15) is 5.10 Å². The number of hydrogen-bond donors (Lipinski definition) is 2. The third-order valence-corrected chi connectivity index (χ3v) is 5.70. The Labute approximate surface area is 157 Å². The third kappa shape index (κ3) is 3.34. The summed E-state index contributed by atoms with van der Waals surface area (Å²) < 4.78 is 13.7. The van der Waals surface area contributed by atoms with Crippen molar-refractivity contribution in [1.82, 2.24) is 15.1 Å². The molecule has 2 N–H and O–H groups in total. The minimum absolute atomic E-state index is 0.0652. The molecule has 7 heteroatoms. The number of aromatic nitrogens is 2. The van der Waals surface area contributed by atoms with Gasteiger partial charge in [0.25, 0.3) is 0 Å². The highest BCUT2D eigenvalue weighted by Crippen LogP contribution is 2.36. The predicted molar refractivity (Wildman–Crippen MR) is 98.9 cm³/mol. The molecule has 1 aromatic heterocycles. The van der Waals surface area contributed by atoms with Crippen LogP contribution in [0.2, 0.25) is 0 Å². The second kappa shape index (κ2) is 7.13. The first-order valence-electron chi connectivity index (χ1n) is 9.47. The van der Waals surface area contributed by atoms with Gasteiger partial charge >= 0.3 is 0 Å². The predicted octanol–water partition coefficient (Wildman–Crippen LogP) is 2.94. The van der Waals surface area contributed by atoms with Gasteiger partial charge in [-0.3, -0.25) is 14.7 Å². The van der Waals surface area contributed by atoms with Crippen LogP contribution in [0.4, 0.5) is 10.1 Å². The SMILES string of the molecule is CCc1cn[nH]c1C1CCN(C(=O)[C@@H]2CC(=O)Nc3ccc(F)cc32)CC1. The zero-order valence-corrected chi connectivity index (χ0v) is 15.3. The molecule has 2 amide bonds. The van der Waals surface area contributed by atoms with Crippen molar-refractivity contribution in [2.24, 2.45) is 0 Å². The van der Waals surface area contributed by atoms with E-state index in [2.05, 4.69) is 22.4 Å². The molecule has 0 saturated carbocycles. The van der Waals surface area contributed by atoms with Crippen LogP contribution in [0.3, 0.4) is 0 Å². The maximum Gasteiger partial charge on any atom is 0.230 e. The van der Waals surface area contributed by atoms with E-state index in [-0.39, 0.29) is 18.2 Å². The molecule has 3 heterocycles. The monoisotopic (exact) mass is 370 g/mol. The fourth-order valence-electron chi connectivity index (χ4n) is 4.22. The zero-order chi connectivity index (χ0) is 19.0. The van der Waals surface area contributed by atoms with Gasteiger partial charge in [0.2, 0.25) is 11.8 Å². The average molecular weight is 370 g/mol. The molecule has 0 aliphatic carbocycles. The van der Waals surface area contributed by atoms with E-state index in [9.17, 15) is 14.0 Å². The Morgan fingerprint density at radius 3 is 2.85 bits per heavy atom. The number of carbonyl (C=O) groups excluding carboxylic acids is 2. The lowest BCUT2D eigenvalue weighted by atomic mass is 9.87. The minimum atomic E-state index is -0.612. The largest absolute Gasteiger partial charge is 0.342 e. The summed E-state index contributed by atoms with van der Waals surface area (Å²) in [5.74, 6) is -0.930. The molecule has 6 nitrogen and oxygen atoms in total. The summed E-state index contributed by atoms with van der Waals surface area (Å²) in [6, 6.07) is 4.19. The van der Waals surface area contributed by atoms with Gasteiger partial charge in [0.05, 0.1) is 12.1 Å². The molecule has 142 valence electrons. The van der Waals surface area contributed by atoms with Gasteiger partial charge in [-0.15, -0.1) is 0 Å². The van der Waals surface area contributed by atoms with Crippen molar-refractivity contribution in [2.45, 2.75) is 44.4 Å². The number of nitrogens with zero attached hydrogens (tertiary/aromatic N) is 2. The van der Waals surface area contributed by atoms with E-state index in [0.29, 0.717) is 30.3 Å². The number of aryl methyl sites for hydroxylation is 1. The van der Waals surface area contributed by atoms with Gasteiger partial charge in [-0.05, 0) is 48.6 Å². The molecule has 0 bridgehead atoms. The molecule has 0 spiro atoms. The van der Waals surface area contributed by atoms with Crippen molar-refractivity contribution in [3.8, 4) is 0 Å². The Balaban J connectivity index is 1.49. The number of piperidine rings is 1. The van der Waals surface area contributed by atoms with E-state index in [1.54, 1.807) is 0 Å². The van der Waals surface area contributed by atoms with E-state index in [0.717, 1.165) is 19.3 Å². The number of fused-ring (bicyclic) bond motifs is 1. The lowest BCUT2D eigenvalue weighted by Gasteiger charge is -2.35. The summed E-state index contributed by atoms with van der Waals surface area (Å²) in [5.41, 5.74) is 3.51. The number of carbonyl (C=O) groups is 2. The molecule has 2 aliphatic heterocycles. The van der Waals surface area contributed by atoms with Gasteiger partial charge < -0.3 is 10.2 Å². The molecule has 1 atom stereocenters. The van der Waals surface area contributed by atoms with Gasteiger partial charge in [0, 0.05) is 36.8 Å². The highest BCUT2D eigenvalue weighted by molar-refractivity contribution is 6.01. The number of H-pyrrole nitrogens is 1. The Kier molecular flexibility index (Phi) is 4.68. The second-order valence-electron chi connectivity index (χ2n) is 7.30. The van der Waals surface area contributed by atoms with Crippen molar-refractivity contribution in [1.29, 1.82) is 0 Å². The second-order valence-corrected chi connectivity index (χ2v) is 7.30. The van der Waals surface area contributed by atoms with Gasteiger partial charge in [-0.25, -0.2) is 4.39 Å². The summed E-state index contributed by atoms with van der Waals surface area (Å²) in [6.07, 6.45) is 4.59. The lowest BCUT2D eigenvalue weighted by Crippen LogP contribution is -2.42. The number of rotatable bonds is 3. The summed E-state index contributed by atoms with van der Waals surface area (Å²) in [7, 11) is 0. The van der Waals surface area contributed by atoms with E-state index in [1.165, 1.54) is 29.5 Å². The van der Waals surface area contributed by atoms with Gasteiger partial charge in [0.15, 0.2) is 0 Å². The molecule has 2 aliphatic rings. The first-order chi connectivity index (χ1) is 13.1. The number of hydrogen-bond acceptors (Lipinski definition) is 3. The maximum absolute atomic E-state index is 13.7. The molecule has 1 aromatic carbocycles. The number of nitrogens with one attached hydrogen (secondary N) is 2. The number of likely N-dealkylation sites (tertiary alicyclic amines) is 1. The number of benzene rings is 1. The zero-order valence-electron chi connectivity index (χ0n) is 15.3. The Hall–Kier alpha value is -2.70. The molecule has 27 heavy (non-hydrogen) atoms. The Morgan fingerprint density at radius 2 is 2.11 bits per heavy atom. The lowest BCUT2D eigenvalue weighted by molar-refractivity contribution is -0.135. The summed E-state index contributed by atoms with van der Waals surface area (Å²) in [6.45, 7) is 3.38. The van der Waals surface area contributed by atoms with E-state index in [4.69, 9.17) is 0 Å². The van der Waals surface area contributed by atoms with Crippen LogP contribution in [-0.4, -0.2) is 40.0 Å². The Morgan fingerprint density at radius 1 is 1.33 bits per heavy atom. The van der Waals surface area contributed by atoms with Crippen LogP contribution in [0, 0.1) is 5.82 Å². The van der Waals surface area contributed by atoms with Gasteiger partial charge in [-0.1, -0.05) is 6.92 Å². The fraction of sp³-hybridized carbons (Fsp3) is 0.450. The number of aromatic amines is 1. The standard InChI is InChI=1S/C20H23FN4O2/c1-2-12-11-22-24-19(12)13-5-7-25(8-6-13)20(27)16-10-18(26)23-17-4-3-14(21)9-15(16)17/h3-4,9,11,13,16H,2,5-8,10H2,1H3,(H,22,24)(H,23,26)/t16-/m1/s1. The van der Waals surface area contributed by atoms with Gasteiger partial charge in [0.1, 0.15) is 5.82 Å². The molecule has 4 rings (SSSR count). The molecule has 2 aromatic rings. The van der Waals surface area contributed by atoms with Crippen LogP contribution in [0.15, 0.2) is 24.4 Å². The first kappa shape index (κ1) is 17.7.